The van der Waals surface area contributed by atoms with Gasteiger partial charge in [-0.3, -0.25) is 9.78 Å². The van der Waals surface area contributed by atoms with Crippen LogP contribution in [-0.2, 0) is 12.8 Å². The van der Waals surface area contributed by atoms with Crippen LogP contribution in [0, 0.1) is 0 Å². The van der Waals surface area contributed by atoms with Gasteiger partial charge in [-0.2, -0.15) is 4.98 Å². The predicted molar refractivity (Wildman–Crippen MR) is 68.5 cm³/mol. The van der Waals surface area contributed by atoms with Crippen LogP contribution in [0.15, 0.2) is 23.3 Å². The first-order valence-electron chi connectivity index (χ1n) is 5.92. The van der Waals surface area contributed by atoms with Gasteiger partial charge in [0.15, 0.2) is 0 Å². The summed E-state index contributed by atoms with van der Waals surface area (Å²) in [7, 11) is 0. The number of aromatic hydroxyl groups is 1. The molecule has 18 heavy (non-hydrogen) atoms. The molecule has 0 saturated heterocycles. The second-order valence-corrected chi connectivity index (χ2v) is 3.96. The number of rotatable bonds is 3. The van der Waals surface area contributed by atoms with Crippen molar-refractivity contribution in [3.05, 3.63) is 39.9 Å². The molecule has 2 N–H and O–H groups in total. The Morgan fingerprint density at radius 1 is 1.33 bits per heavy atom. The van der Waals surface area contributed by atoms with Crippen LogP contribution in [0.2, 0.25) is 0 Å². The Kier molecular flexibility index (Phi) is 3.41. The minimum absolute atomic E-state index is 0.199. The van der Waals surface area contributed by atoms with Gasteiger partial charge in [0.05, 0.1) is 5.56 Å². The van der Waals surface area contributed by atoms with Gasteiger partial charge in [0.25, 0.3) is 5.56 Å². The largest absolute Gasteiger partial charge is 0.493 e. The lowest BCUT2D eigenvalue weighted by atomic mass is 10.1. The van der Waals surface area contributed by atoms with Crippen LogP contribution in [0.25, 0.3) is 11.4 Å². The van der Waals surface area contributed by atoms with Gasteiger partial charge in [-0.1, -0.05) is 13.8 Å². The minimum Gasteiger partial charge on any atom is -0.493 e. The quantitative estimate of drug-likeness (QED) is 0.862. The molecule has 94 valence electrons. The van der Waals surface area contributed by atoms with Gasteiger partial charge in [0, 0.05) is 18.0 Å². The molecule has 2 rings (SSSR count). The van der Waals surface area contributed by atoms with Crippen molar-refractivity contribution in [1.82, 2.24) is 15.0 Å². The molecule has 5 nitrogen and oxygen atoms in total. The maximum atomic E-state index is 11.8. The molecule has 2 aromatic rings. The Morgan fingerprint density at radius 2 is 2.11 bits per heavy atom. The summed E-state index contributed by atoms with van der Waals surface area (Å²) in [6, 6.07) is 1.78. The number of nitrogens with one attached hydrogen (secondary N) is 1. The molecule has 0 aliphatic heterocycles. The van der Waals surface area contributed by atoms with Gasteiger partial charge < -0.3 is 10.1 Å². The zero-order valence-electron chi connectivity index (χ0n) is 10.4. The molecule has 2 heterocycles. The molecule has 0 unspecified atom stereocenters. The summed E-state index contributed by atoms with van der Waals surface area (Å²) in [6.07, 6.45) is 4.61. The zero-order valence-corrected chi connectivity index (χ0v) is 10.4. The van der Waals surface area contributed by atoms with Crippen molar-refractivity contribution >= 4 is 0 Å². The number of nitrogens with zero attached hydrogens (tertiary/aromatic N) is 2. The summed E-state index contributed by atoms with van der Waals surface area (Å²) in [6.45, 7) is 3.80. The van der Waals surface area contributed by atoms with E-state index in [1.165, 1.54) is 0 Å². The Hall–Kier alpha value is -2.17. The maximum Gasteiger partial charge on any atom is 0.258 e. The fourth-order valence-electron chi connectivity index (χ4n) is 1.87. The minimum atomic E-state index is -0.293. The molecular formula is C13H15N3O2. The van der Waals surface area contributed by atoms with Crippen LogP contribution in [0.3, 0.4) is 0 Å². The molecule has 5 heteroatoms. The van der Waals surface area contributed by atoms with Crippen molar-refractivity contribution in [2.45, 2.75) is 26.7 Å². The van der Waals surface area contributed by atoms with E-state index < -0.39 is 0 Å². The van der Waals surface area contributed by atoms with Crippen LogP contribution in [0.1, 0.15) is 25.0 Å². The van der Waals surface area contributed by atoms with Gasteiger partial charge in [0.1, 0.15) is 5.82 Å². The molecule has 0 bridgehead atoms. The molecule has 0 fully saturated rings. The number of hydrogen-bond donors (Lipinski definition) is 2. The number of hydrogen-bond acceptors (Lipinski definition) is 4. The van der Waals surface area contributed by atoms with Gasteiger partial charge in [-0.05, 0) is 24.5 Å². The first kappa shape index (κ1) is 12.3. The Balaban J connectivity index is 2.62. The summed E-state index contributed by atoms with van der Waals surface area (Å²) in [5.74, 6) is 0.184. The molecule has 0 aliphatic rings. The molecule has 0 spiro atoms. The molecule has 0 amide bonds. The standard InChI is InChI=1S/C13H15N3O2/c1-3-8-7-14-6-5-10(8)11-15-12(17)9(4-2)13(18)16-11/h5-7H,3-4H2,1-2H3,(H2,15,16,17,18). The lowest BCUT2D eigenvalue weighted by Crippen LogP contribution is -2.14. The molecule has 0 aromatic carbocycles. The molecular weight excluding hydrogens is 230 g/mol. The van der Waals surface area contributed by atoms with Crippen molar-refractivity contribution in [2.24, 2.45) is 0 Å². The van der Waals surface area contributed by atoms with Gasteiger partial charge in [-0.25, -0.2) is 0 Å². The fraction of sp³-hybridized carbons (Fsp3) is 0.308. The van der Waals surface area contributed by atoms with Crippen LogP contribution < -0.4 is 5.56 Å². The highest BCUT2D eigenvalue weighted by Gasteiger charge is 2.12. The third kappa shape index (κ3) is 2.11. The average Bonchev–Trinajstić information content (AvgIpc) is 2.38. The van der Waals surface area contributed by atoms with Crippen LogP contribution in [0.5, 0.6) is 5.88 Å². The van der Waals surface area contributed by atoms with E-state index in [9.17, 15) is 9.90 Å². The highest BCUT2D eigenvalue weighted by atomic mass is 16.3. The van der Waals surface area contributed by atoms with E-state index >= 15 is 0 Å². The summed E-state index contributed by atoms with van der Waals surface area (Å²) >= 11 is 0. The number of pyridine rings is 1. The smallest absolute Gasteiger partial charge is 0.258 e. The Bertz CT molecular complexity index is 620. The molecule has 2 aromatic heterocycles. The fourth-order valence-corrected chi connectivity index (χ4v) is 1.87. The van der Waals surface area contributed by atoms with Crippen molar-refractivity contribution in [2.75, 3.05) is 0 Å². The normalized spacial score (nSPS) is 10.6. The van der Waals surface area contributed by atoms with E-state index in [1.807, 2.05) is 6.92 Å². The van der Waals surface area contributed by atoms with Crippen LogP contribution in [0.4, 0.5) is 0 Å². The molecule has 0 saturated carbocycles. The van der Waals surface area contributed by atoms with Crippen molar-refractivity contribution in [3.8, 4) is 17.3 Å². The van der Waals surface area contributed by atoms with Crippen molar-refractivity contribution < 1.29 is 5.11 Å². The molecule has 0 radical (unpaired) electrons. The highest BCUT2D eigenvalue weighted by Crippen LogP contribution is 2.21. The monoisotopic (exact) mass is 245 g/mol. The van der Waals surface area contributed by atoms with Crippen LogP contribution in [-0.4, -0.2) is 20.1 Å². The number of H-pyrrole nitrogens is 1. The Morgan fingerprint density at radius 3 is 2.72 bits per heavy atom. The summed E-state index contributed by atoms with van der Waals surface area (Å²) < 4.78 is 0. The van der Waals surface area contributed by atoms with E-state index in [1.54, 1.807) is 25.4 Å². The van der Waals surface area contributed by atoms with E-state index in [2.05, 4.69) is 15.0 Å². The van der Waals surface area contributed by atoms with Gasteiger partial charge in [-0.15, -0.1) is 0 Å². The van der Waals surface area contributed by atoms with Gasteiger partial charge in [0.2, 0.25) is 5.88 Å². The lowest BCUT2D eigenvalue weighted by molar-refractivity contribution is 0.444. The van der Waals surface area contributed by atoms with Gasteiger partial charge >= 0.3 is 0 Å². The third-order valence-electron chi connectivity index (χ3n) is 2.89. The van der Waals surface area contributed by atoms with E-state index in [0.29, 0.717) is 17.8 Å². The number of aryl methyl sites for hydroxylation is 1. The average molecular weight is 245 g/mol. The van der Waals surface area contributed by atoms with Crippen molar-refractivity contribution in [1.29, 1.82) is 0 Å². The number of aromatic amines is 1. The highest BCUT2D eigenvalue weighted by molar-refractivity contribution is 5.59. The first-order valence-corrected chi connectivity index (χ1v) is 5.92. The SMILES string of the molecule is CCc1cnccc1-c1nc(O)c(CC)c(=O)[nH]1. The summed E-state index contributed by atoms with van der Waals surface area (Å²) in [5.41, 5.74) is 1.79. The van der Waals surface area contributed by atoms with Crippen molar-refractivity contribution in [3.63, 3.8) is 0 Å². The van der Waals surface area contributed by atoms with E-state index in [-0.39, 0.29) is 11.4 Å². The maximum absolute atomic E-state index is 11.8. The first-order chi connectivity index (χ1) is 8.67. The third-order valence-corrected chi connectivity index (χ3v) is 2.89. The molecule has 0 atom stereocenters. The summed E-state index contributed by atoms with van der Waals surface area (Å²) in [4.78, 5) is 22.6. The lowest BCUT2D eigenvalue weighted by Gasteiger charge is -2.07. The topological polar surface area (TPSA) is 78.9 Å². The number of aromatic nitrogens is 3. The molecule has 0 aliphatic carbocycles. The summed E-state index contributed by atoms with van der Waals surface area (Å²) in [5, 5.41) is 9.75. The predicted octanol–water partition coefficient (Wildman–Crippen LogP) is 1.66. The zero-order chi connectivity index (χ0) is 13.1. The Labute approximate surface area is 105 Å². The second kappa shape index (κ2) is 5.00. The van der Waals surface area contributed by atoms with Crippen LogP contribution >= 0.6 is 0 Å². The van der Waals surface area contributed by atoms with E-state index in [4.69, 9.17) is 0 Å². The van der Waals surface area contributed by atoms with E-state index in [0.717, 1.165) is 17.5 Å². The second-order valence-electron chi connectivity index (χ2n) is 3.96.